The molecule has 162 valence electrons. The van der Waals surface area contributed by atoms with Crippen LogP contribution in [0, 0.1) is 11.6 Å². The number of halogens is 2. The molecule has 0 aliphatic rings. The van der Waals surface area contributed by atoms with Crippen molar-refractivity contribution in [3.05, 3.63) is 93.2 Å². The lowest BCUT2D eigenvalue weighted by Crippen LogP contribution is -2.28. The number of rotatable bonds is 8. The molecular formula is C22H20F2N2O4S. The molecule has 0 saturated heterocycles. The molecule has 0 saturated carbocycles. The third kappa shape index (κ3) is 6.17. The third-order valence-corrected chi connectivity index (χ3v) is 5.56. The third-order valence-electron chi connectivity index (χ3n) is 4.48. The van der Waals surface area contributed by atoms with Crippen molar-refractivity contribution in [2.45, 2.75) is 12.2 Å². The summed E-state index contributed by atoms with van der Waals surface area (Å²) in [5, 5.41) is 25.3. The van der Waals surface area contributed by atoms with Crippen LogP contribution in [-0.4, -0.2) is 35.1 Å². The SMILES string of the molecule is O=C(NCC(O)c1ccc(F)cc1)c1ccc(C(=O)NCC(O)c2ccc(F)cc2)s1. The largest absolute Gasteiger partial charge is 0.387 e. The number of thiophene rings is 1. The number of carbonyl (C=O) groups excluding carboxylic acids is 2. The quantitative estimate of drug-likeness (QED) is 0.428. The summed E-state index contributed by atoms with van der Waals surface area (Å²) < 4.78 is 25.9. The number of hydrogen-bond acceptors (Lipinski definition) is 5. The van der Waals surface area contributed by atoms with Crippen molar-refractivity contribution in [1.29, 1.82) is 0 Å². The van der Waals surface area contributed by atoms with E-state index in [0.717, 1.165) is 11.3 Å². The van der Waals surface area contributed by atoms with E-state index in [-0.39, 0.29) is 22.8 Å². The minimum atomic E-state index is -1.000. The molecule has 31 heavy (non-hydrogen) atoms. The highest BCUT2D eigenvalue weighted by molar-refractivity contribution is 7.15. The predicted octanol–water partition coefficient (Wildman–Crippen LogP) is 2.95. The zero-order chi connectivity index (χ0) is 22.4. The first-order valence-electron chi connectivity index (χ1n) is 9.37. The van der Waals surface area contributed by atoms with Crippen LogP contribution in [0.3, 0.4) is 0 Å². The normalized spacial score (nSPS) is 12.8. The average molecular weight is 446 g/mol. The van der Waals surface area contributed by atoms with Crippen LogP contribution in [-0.2, 0) is 0 Å². The van der Waals surface area contributed by atoms with Gasteiger partial charge in [-0.05, 0) is 47.5 Å². The van der Waals surface area contributed by atoms with Gasteiger partial charge in [-0.2, -0.15) is 0 Å². The number of amides is 2. The van der Waals surface area contributed by atoms with E-state index in [1.54, 1.807) is 0 Å². The number of benzene rings is 2. The smallest absolute Gasteiger partial charge is 0.261 e. The second-order valence-corrected chi connectivity index (χ2v) is 7.80. The van der Waals surface area contributed by atoms with Gasteiger partial charge < -0.3 is 20.8 Å². The molecule has 3 rings (SSSR count). The van der Waals surface area contributed by atoms with Crippen molar-refractivity contribution in [1.82, 2.24) is 10.6 Å². The van der Waals surface area contributed by atoms with Crippen LogP contribution in [0.5, 0.6) is 0 Å². The molecule has 2 unspecified atom stereocenters. The van der Waals surface area contributed by atoms with E-state index in [9.17, 15) is 28.6 Å². The van der Waals surface area contributed by atoms with E-state index in [1.807, 2.05) is 0 Å². The molecule has 1 aromatic heterocycles. The van der Waals surface area contributed by atoms with E-state index >= 15 is 0 Å². The highest BCUT2D eigenvalue weighted by Gasteiger charge is 2.17. The summed E-state index contributed by atoms with van der Waals surface area (Å²) in [4.78, 5) is 25.1. The van der Waals surface area contributed by atoms with Gasteiger partial charge in [0.2, 0.25) is 0 Å². The Hall–Kier alpha value is -3.14. The second-order valence-electron chi connectivity index (χ2n) is 6.72. The molecule has 2 atom stereocenters. The summed E-state index contributed by atoms with van der Waals surface area (Å²) in [6.07, 6.45) is -2.00. The molecule has 1 heterocycles. The minimum Gasteiger partial charge on any atom is -0.387 e. The number of aliphatic hydroxyl groups excluding tert-OH is 2. The molecule has 9 heteroatoms. The Morgan fingerprint density at radius 3 is 1.42 bits per heavy atom. The Labute approximate surface area is 181 Å². The molecule has 0 radical (unpaired) electrons. The Kier molecular flexibility index (Phi) is 7.45. The molecule has 2 aromatic carbocycles. The fourth-order valence-electron chi connectivity index (χ4n) is 2.74. The minimum absolute atomic E-state index is 0.0756. The Morgan fingerprint density at radius 2 is 1.06 bits per heavy atom. The summed E-state index contributed by atoms with van der Waals surface area (Å²) in [5.74, 6) is -1.77. The van der Waals surface area contributed by atoms with Gasteiger partial charge in [0.05, 0.1) is 22.0 Å². The van der Waals surface area contributed by atoms with Crippen LogP contribution in [0.2, 0.25) is 0 Å². The lowest BCUT2D eigenvalue weighted by molar-refractivity contribution is 0.0915. The molecule has 0 spiro atoms. The molecule has 0 aliphatic heterocycles. The molecule has 2 amide bonds. The molecule has 0 bridgehead atoms. The zero-order valence-corrected chi connectivity index (χ0v) is 17.0. The van der Waals surface area contributed by atoms with Gasteiger partial charge in [0.25, 0.3) is 11.8 Å². The van der Waals surface area contributed by atoms with Gasteiger partial charge in [-0.3, -0.25) is 9.59 Å². The maximum Gasteiger partial charge on any atom is 0.261 e. The average Bonchev–Trinajstić information content (AvgIpc) is 3.27. The number of hydrogen-bond donors (Lipinski definition) is 4. The van der Waals surface area contributed by atoms with Crippen molar-refractivity contribution in [2.24, 2.45) is 0 Å². The van der Waals surface area contributed by atoms with Crippen LogP contribution in [0.15, 0.2) is 60.7 Å². The summed E-state index contributed by atoms with van der Waals surface area (Å²) in [6.45, 7) is -0.151. The van der Waals surface area contributed by atoms with E-state index in [4.69, 9.17) is 0 Å². The molecule has 3 aromatic rings. The number of aliphatic hydroxyl groups is 2. The number of nitrogens with one attached hydrogen (secondary N) is 2. The van der Waals surface area contributed by atoms with Crippen LogP contribution >= 0.6 is 11.3 Å². The standard InChI is InChI=1S/C22H20F2N2O4S/c23-15-5-1-13(2-6-15)17(27)11-25-21(29)19-9-10-20(31-19)22(30)26-12-18(28)14-3-7-16(24)8-4-14/h1-10,17-18,27-28H,11-12H2,(H,25,29)(H,26,30). The van der Waals surface area contributed by atoms with E-state index in [2.05, 4.69) is 10.6 Å². The summed E-state index contributed by atoms with van der Waals surface area (Å²) in [6, 6.07) is 13.6. The van der Waals surface area contributed by atoms with Gasteiger partial charge in [0.1, 0.15) is 11.6 Å². The van der Waals surface area contributed by atoms with E-state index in [1.165, 1.54) is 60.7 Å². The second kappa shape index (κ2) is 10.3. The molecule has 4 N–H and O–H groups in total. The Bertz CT molecular complexity index is 956. The summed E-state index contributed by atoms with van der Waals surface area (Å²) >= 11 is 0.961. The van der Waals surface area contributed by atoms with Gasteiger partial charge in [-0.25, -0.2) is 8.78 Å². The molecular weight excluding hydrogens is 426 g/mol. The van der Waals surface area contributed by atoms with Gasteiger partial charge in [-0.15, -0.1) is 11.3 Å². The Morgan fingerprint density at radius 1 is 0.710 bits per heavy atom. The molecule has 0 aliphatic carbocycles. The zero-order valence-electron chi connectivity index (χ0n) is 16.2. The number of carbonyl (C=O) groups is 2. The highest BCUT2D eigenvalue weighted by atomic mass is 32.1. The fraction of sp³-hybridized carbons (Fsp3) is 0.182. The maximum atomic E-state index is 12.9. The topological polar surface area (TPSA) is 98.7 Å². The van der Waals surface area contributed by atoms with Crippen molar-refractivity contribution in [3.8, 4) is 0 Å². The van der Waals surface area contributed by atoms with Crippen molar-refractivity contribution >= 4 is 23.2 Å². The fourth-order valence-corrected chi connectivity index (χ4v) is 3.58. The monoisotopic (exact) mass is 446 g/mol. The first kappa shape index (κ1) is 22.5. The molecule has 6 nitrogen and oxygen atoms in total. The van der Waals surface area contributed by atoms with Gasteiger partial charge in [-0.1, -0.05) is 24.3 Å². The first-order valence-corrected chi connectivity index (χ1v) is 10.2. The lowest BCUT2D eigenvalue weighted by atomic mass is 10.1. The summed E-state index contributed by atoms with van der Waals surface area (Å²) in [5.41, 5.74) is 0.931. The van der Waals surface area contributed by atoms with Crippen LogP contribution in [0.1, 0.15) is 42.7 Å². The van der Waals surface area contributed by atoms with Gasteiger partial charge in [0.15, 0.2) is 0 Å². The van der Waals surface area contributed by atoms with Crippen molar-refractivity contribution in [3.63, 3.8) is 0 Å². The van der Waals surface area contributed by atoms with Crippen LogP contribution in [0.25, 0.3) is 0 Å². The summed E-state index contributed by atoms with van der Waals surface area (Å²) in [7, 11) is 0. The highest BCUT2D eigenvalue weighted by Crippen LogP contribution is 2.18. The van der Waals surface area contributed by atoms with Crippen molar-refractivity contribution in [2.75, 3.05) is 13.1 Å². The molecule has 0 fully saturated rings. The van der Waals surface area contributed by atoms with Gasteiger partial charge >= 0.3 is 0 Å². The van der Waals surface area contributed by atoms with Crippen LogP contribution < -0.4 is 10.6 Å². The van der Waals surface area contributed by atoms with E-state index < -0.39 is 35.7 Å². The van der Waals surface area contributed by atoms with Crippen molar-refractivity contribution < 1.29 is 28.6 Å². The van der Waals surface area contributed by atoms with E-state index in [0.29, 0.717) is 11.1 Å². The maximum absolute atomic E-state index is 12.9. The predicted molar refractivity (Wildman–Crippen MR) is 112 cm³/mol. The lowest BCUT2D eigenvalue weighted by Gasteiger charge is -2.12. The first-order chi connectivity index (χ1) is 14.8. The Balaban J connectivity index is 1.50. The van der Waals surface area contributed by atoms with Gasteiger partial charge in [0, 0.05) is 13.1 Å². The van der Waals surface area contributed by atoms with Crippen LogP contribution in [0.4, 0.5) is 8.78 Å².